The molecule has 0 unspecified atom stereocenters. The topological polar surface area (TPSA) is 42.4 Å². The van der Waals surface area contributed by atoms with Crippen molar-refractivity contribution >= 4 is 71.6 Å². The summed E-state index contributed by atoms with van der Waals surface area (Å²) in [4.78, 5) is 6.93. The predicted octanol–water partition coefficient (Wildman–Crippen LogP) is 14.5. The first kappa shape index (κ1) is 24.0. The van der Waals surface area contributed by atoms with Crippen molar-refractivity contribution in [2.75, 3.05) is 4.90 Å². The third kappa shape index (κ3) is 5.34. The van der Waals surface area contributed by atoms with E-state index in [1.165, 1.54) is 0 Å². The van der Waals surface area contributed by atoms with Crippen LogP contribution in [0.4, 0.5) is 17.1 Å². The largest absolute Gasteiger partial charge is 0.455 e. The van der Waals surface area contributed by atoms with Gasteiger partial charge in [-0.25, -0.2) is 4.98 Å². The molecule has 55 heavy (non-hydrogen) atoms. The molecule has 0 spiro atoms. The van der Waals surface area contributed by atoms with Crippen LogP contribution in [0, 0.1) is 0 Å². The summed E-state index contributed by atoms with van der Waals surface area (Å²) in [6.45, 7) is 0. The van der Waals surface area contributed by atoms with E-state index in [-0.39, 0.29) is 67.9 Å². The molecule has 11 rings (SSSR count). The van der Waals surface area contributed by atoms with E-state index < -0.39 is 30.2 Å². The zero-order valence-corrected chi connectivity index (χ0v) is 29.1. The van der Waals surface area contributed by atoms with Crippen LogP contribution in [0.5, 0.6) is 0 Å². The quantitative estimate of drug-likeness (QED) is 0.172. The smallest absolute Gasteiger partial charge is 0.227 e. The first-order valence-electron chi connectivity index (χ1n) is 21.9. The van der Waals surface area contributed by atoms with Crippen LogP contribution < -0.4 is 4.90 Å². The van der Waals surface area contributed by atoms with Crippen molar-refractivity contribution in [2.24, 2.45) is 0 Å². The second-order valence-corrected chi connectivity index (χ2v) is 13.3. The van der Waals surface area contributed by atoms with Crippen LogP contribution in [0.3, 0.4) is 0 Å². The van der Waals surface area contributed by atoms with Crippen molar-refractivity contribution in [2.45, 2.75) is 0 Å². The van der Waals surface area contributed by atoms with Crippen LogP contribution in [0.25, 0.3) is 88.3 Å². The highest BCUT2D eigenvalue weighted by atomic mass is 16.3. The van der Waals surface area contributed by atoms with Crippen molar-refractivity contribution in [1.82, 2.24) is 4.98 Å². The minimum atomic E-state index is -0.536. The van der Waals surface area contributed by atoms with Crippen molar-refractivity contribution in [3.8, 4) is 33.7 Å². The predicted molar refractivity (Wildman–Crippen MR) is 227 cm³/mol. The third-order valence-electron chi connectivity index (χ3n) is 10.0. The molecule has 0 aliphatic rings. The number of furan rings is 1. The van der Waals surface area contributed by atoms with Crippen LogP contribution in [0.2, 0.25) is 0 Å². The maximum absolute atomic E-state index is 9.82. The molecule has 0 N–H and O–H groups in total. The highest BCUT2D eigenvalue weighted by Gasteiger charge is 2.20. The maximum Gasteiger partial charge on any atom is 0.227 e. The Balaban J connectivity index is 1.14. The average molecular weight is 713 g/mol. The summed E-state index contributed by atoms with van der Waals surface area (Å²) < 4.78 is 84.5. The fraction of sp³-hybridized carbons (Fsp3) is 0. The molecule has 11 aromatic rings. The summed E-state index contributed by atoms with van der Waals surface area (Å²) in [5, 5.41) is 1.97. The fourth-order valence-corrected chi connectivity index (χ4v) is 7.33. The molecular weight excluding hydrogens is 673 g/mol. The molecule has 2 heterocycles. The molecule has 0 radical (unpaired) electrons. The lowest BCUT2D eigenvalue weighted by molar-refractivity contribution is 0.620. The van der Waals surface area contributed by atoms with Gasteiger partial charge in [0.05, 0.1) is 11.0 Å². The molecule has 0 saturated heterocycles. The molecule has 2 aromatic heterocycles. The van der Waals surface area contributed by atoms with Gasteiger partial charge in [0, 0.05) is 38.8 Å². The molecule has 0 fully saturated rings. The molecule has 9 aromatic carbocycles. The van der Waals surface area contributed by atoms with E-state index in [9.17, 15) is 2.74 Å². The van der Waals surface area contributed by atoms with E-state index in [1.807, 2.05) is 66.7 Å². The number of hydrogen-bond donors (Lipinski definition) is 0. The fourth-order valence-electron chi connectivity index (χ4n) is 7.33. The SMILES string of the molecule is [2H]c1c([2H])c([2H])c2c(c1[2H])c([2H])c([2H])c1c2oc2c([2H])c(-c3ccc(N(c4ccc(-c5ccccc5)cc4)c4ccc5ccccc5c4)cc3)c(-c3nc4ccccc4o3)c([2H])c21. The van der Waals surface area contributed by atoms with E-state index in [1.54, 1.807) is 12.1 Å². The number of oxazole rings is 1. The molecule has 0 amide bonds. The first-order valence-corrected chi connectivity index (χ1v) is 17.9. The number of para-hydroxylation sites is 2. The second kappa shape index (κ2) is 12.6. The number of benzene rings is 9. The van der Waals surface area contributed by atoms with Crippen molar-refractivity contribution in [3.63, 3.8) is 0 Å². The van der Waals surface area contributed by atoms with Gasteiger partial charge in [-0.1, -0.05) is 127 Å². The summed E-state index contributed by atoms with van der Waals surface area (Å²) in [6, 6.07) is 44.8. The average Bonchev–Trinajstić information content (AvgIpc) is 3.94. The van der Waals surface area contributed by atoms with Gasteiger partial charge in [0.1, 0.15) is 16.7 Å². The second-order valence-electron chi connectivity index (χ2n) is 13.3. The highest BCUT2D eigenvalue weighted by molar-refractivity contribution is 6.16. The minimum Gasteiger partial charge on any atom is -0.455 e. The zero-order chi connectivity index (χ0) is 43.3. The maximum atomic E-state index is 9.82. The van der Waals surface area contributed by atoms with Gasteiger partial charge in [0.2, 0.25) is 5.89 Å². The molecule has 4 nitrogen and oxygen atoms in total. The van der Waals surface area contributed by atoms with Gasteiger partial charge in [0.15, 0.2) is 5.58 Å². The molecule has 0 atom stereocenters. The number of fused-ring (bicyclic) bond motifs is 7. The highest BCUT2D eigenvalue weighted by Crippen LogP contribution is 2.43. The number of anilines is 3. The van der Waals surface area contributed by atoms with Crippen LogP contribution >= 0.6 is 0 Å². The lowest BCUT2D eigenvalue weighted by Crippen LogP contribution is -2.09. The Morgan fingerprint density at radius 3 is 1.96 bits per heavy atom. The summed E-state index contributed by atoms with van der Waals surface area (Å²) in [5.41, 5.74) is 6.71. The minimum absolute atomic E-state index is 0.00500. The normalized spacial score (nSPS) is 13.7. The Morgan fingerprint density at radius 1 is 0.455 bits per heavy atom. The number of rotatable bonds is 6. The molecule has 0 aliphatic carbocycles. The van der Waals surface area contributed by atoms with E-state index in [0.29, 0.717) is 16.7 Å². The van der Waals surface area contributed by atoms with Gasteiger partial charge in [-0.05, 0) is 105 Å². The van der Waals surface area contributed by atoms with Gasteiger partial charge in [-0.2, -0.15) is 0 Å². The Hall–Kier alpha value is -7.43. The Bertz CT molecular complexity index is 3630. The summed E-state index contributed by atoms with van der Waals surface area (Å²) in [6.07, 6.45) is 0. The molecule has 4 heteroatoms. The van der Waals surface area contributed by atoms with Crippen molar-refractivity contribution in [3.05, 3.63) is 194 Å². The van der Waals surface area contributed by atoms with Gasteiger partial charge < -0.3 is 13.7 Å². The summed E-state index contributed by atoms with van der Waals surface area (Å²) in [7, 11) is 0. The Kier molecular flexibility index (Phi) is 5.50. The van der Waals surface area contributed by atoms with Crippen LogP contribution in [-0.2, 0) is 0 Å². The number of hydrogen-bond acceptors (Lipinski definition) is 4. The molecule has 258 valence electrons. The van der Waals surface area contributed by atoms with E-state index in [4.69, 9.17) is 22.0 Å². The molecule has 0 aliphatic heterocycles. The summed E-state index contributed by atoms with van der Waals surface area (Å²) in [5.74, 6) is 0.0710. The van der Waals surface area contributed by atoms with Crippen LogP contribution in [0.15, 0.2) is 203 Å². The lowest BCUT2D eigenvalue weighted by Gasteiger charge is -2.26. The first-order chi connectivity index (χ1) is 30.6. The van der Waals surface area contributed by atoms with Crippen molar-refractivity contribution < 1.29 is 19.8 Å². The van der Waals surface area contributed by atoms with Gasteiger partial charge >= 0.3 is 0 Å². The third-order valence-corrected chi connectivity index (χ3v) is 10.0. The standard InChI is InChI=1S/C51H32N2O2/c1-2-10-33(11-3-1)35-18-24-39(25-19-35)53(41-28-20-34-12-4-5-14-38(34)30-41)40-26-21-37(22-27-40)44-32-49-45(31-46(44)51-52-47-16-8-9-17-48(47)55-51)43-29-23-36-13-6-7-15-42(36)50(43)54-49/h1-32H/i6D,7D,13D,15D,23D,29D,31D,32D. The van der Waals surface area contributed by atoms with Gasteiger partial charge in [-0.3, -0.25) is 0 Å². The van der Waals surface area contributed by atoms with E-state index >= 15 is 0 Å². The van der Waals surface area contributed by atoms with Crippen LogP contribution in [0.1, 0.15) is 11.0 Å². The molecule has 0 bridgehead atoms. The Morgan fingerprint density at radius 2 is 1.15 bits per heavy atom. The number of nitrogens with zero attached hydrogens (tertiary/aromatic N) is 2. The van der Waals surface area contributed by atoms with Crippen LogP contribution in [-0.4, -0.2) is 4.98 Å². The molecule has 0 saturated carbocycles. The van der Waals surface area contributed by atoms with E-state index in [2.05, 4.69) is 71.6 Å². The Labute approximate surface area is 328 Å². The van der Waals surface area contributed by atoms with Gasteiger partial charge in [0.25, 0.3) is 0 Å². The van der Waals surface area contributed by atoms with E-state index in [0.717, 1.165) is 39.0 Å². The zero-order valence-electron chi connectivity index (χ0n) is 37.1. The van der Waals surface area contributed by atoms with Gasteiger partial charge in [-0.15, -0.1) is 0 Å². The molecular formula is C51H32N2O2. The number of aromatic nitrogens is 1. The monoisotopic (exact) mass is 712 g/mol. The summed E-state index contributed by atoms with van der Waals surface area (Å²) >= 11 is 0. The lowest BCUT2D eigenvalue weighted by atomic mass is 9.96. The van der Waals surface area contributed by atoms with Crippen molar-refractivity contribution in [1.29, 1.82) is 0 Å².